The summed E-state index contributed by atoms with van der Waals surface area (Å²) in [4.78, 5) is 11.4. The molecule has 3 rings (SSSR count). The van der Waals surface area contributed by atoms with Crippen LogP contribution in [0, 0.1) is 22.7 Å². The van der Waals surface area contributed by atoms with Crippen molar-refractivity contribution in [1.29, 1.82) is 0 Å². The van der Waals surface area contributed by atoms with Gasteiger partial charge in [-0.3, -0.25) is 4.79 Å². The molecule has 0 amide bonds. The van der Waals surface area contributed by atoms with Crippen LogP contribution in [0.25, 0.3) is 0 Å². The molecule has 3 heteroatoms. The maximum Gasteiger partial charge on any atom is 0.302 e. The van der Waals surface area contributed by atoms with Gasteiger partial charge in [-0.15, -0.1) is 0 Å². The van der Waals surface area contributed by atoms with Crippen molar-refractivity contribution in [1.82, 2.24) is 0 Å². The third kappa shape index (κ3) is 3.56. The Bertz CT molecular complexity index is 617. The van der Waals surface area contributed by atoms with Gasteiger partial charge in [-0.2, -0.15) is 0 Å². The highest BCUT2D eigenvalue weighted by Gasteiger charge is 2.54. The molecule has 0 unspecified atom stereocenters. The molecule has 0 aliphatic heterocycles. The van der Waals surface area contributed by atoms with E-state index in [2.05, 4.69) is 26.5 Å². The van der Waals surface area contributed by atoms with E-state index >= 15 is 0 Å². The first kappa shape index (κ1) is 18.3. The largest absolute Gasteiger partial charge is 0.472 e. The number of hydrogen-bond donors (Lipinski definition) is 0. The van der Waals surface area contributed by atoms with Crippen LogP contribution in [-0.2, 0) is 16.0 Å². The molecular formula is C22H32O3. The van der Waals surface area contributed by atoms with Crippen LogP contribution in [0.3, 0.4) is 0 Å². The van der Waals surface area contributed by atoms with E-state index in [1.165, 1.54) is 37.3 Å². The van der Waals surface area contributed by atoms with E-state index in [0.717, 1.165) is 25.7 Å². The zero-order valence-corrected chi connectivity index (χ0v) is 16.0. The second kappa shape index (κ2) is 7.01. The molecule has 1 aromatic heterocycles. The molecule has 0 radical (unpaired) electrons. The Morgan fingerprint density at radius 3 is 2.88 bits per heavy atom. The van der Waals surface area contributed by atoms with Crippen LogP contribution in [-0.4, -0.2) is 12.6 Å². The second-order valence-electron chi connectivity index (χ2n) is 8.77. The fraction of sp³-hybridized carbons (Fsp3) is 0.682. The van der Waals surface area contributed by atoms with Gasteiger partial charge in [0.25, 0.3) is 0 Å². The van der Waals surface area contributed by atoms with Gasteiger partial charge in [0.2, 0.25) is 0 Å². The lowest BCUT2D eigenvalue weighted by atomic mass is 9.47. The molecule has 138 valence electrons. The fourth-order valence-electron chi connectivity index (χ4n) is 5.80. The van der Waals surface area contributed by atoms with Crippen LogP contribution >= 0.6 is 0 Å². The minimum atomic E-state index is -0.162. The van der Waals surface area contributed by atoms with Gasteiger partial charge in [-0.25, -0.2) is 0 Å². The molecule has 0 N–H and O–H groups in total. The van der Waals surface area contributed by atoms with Gasteiger partial charge in [0.15, 0.2) is 0 Å². The summed E-state index contributed by atoms with van der Waals surface area (Å²) in [5.41, 5.74) is 3.04. The van der Waals surface area contributed by atoms with Crippen LogP contribution < -0.4 is 0 Å². The Morgan fingerprint density at radius 1 is 1.40 bits per heavy atom. The van der Waals surface area contributed by atoms with E-state index in [1.54, 1.807) is 6.26 Å². The van der Waals surface area contributed by atoms with E-state index in [4.69, 9.17) is 9.15 Å². The van der Waals surface area contributed by atoms with Crippen molar-refractivity contribution in [2.45, 2.75) is 65.7 Å². The number of rotatable bonds is 5. The summed E-state index contributed by atoms with van der Waals surface area (Å²) in [5.74, 6) is 0.969. The van der Waals surface area contributed by atoms with Gasteiger partial charge in [-0.05, 0) is 67.4 Å². The highest BCUT2D eigenvalue weighted by atomic mass is 16.5. The first-order valence-corrected chi connectivity index (χ1v) is 9.67. The van der Waals surface area contributed by atoms with Crippen molar-refractivity contribution in [2.24, 2.45) is 22.7 Å². The topological polar surface area (TPSA) is 39.4 Å². The van der Waals surface area contributed by atoms with Gasteiger partial charge in [0.1, 0.15) is 0 Å². The molecule has 2 fully saturated rings. The molecule has 25 heavy (non-hydrogen) atoms. The molecule has 4 atom stereocenters. The van der Waals surface area contributed by atoms with E-state index < -0.39 is 0 Å². The fourth-order valence-corrected chi connectivity index (χ4v) is 5.80. The number of carbonyl (C=O) groups excluding carboxylic acids is 1. The molecule has 2 aliphatic rings. The van der Waals surface area contributed by atoms with Crippen molar-refractivity contribution in [3.63, 3.8) is 0 Å². The first-order valence-electron chi connectivity index (χ1n) is 9.67. The van der Waals surface area contributed by atoms with Crippen molar-refractivity contribution < 1.29 is 13.9 Å². The number of hydrogen-bond acceptors (Lipinski definition) is 3. The van der Waals surface area contributed by atoms with Gasteiger partial charge in [0.05, 0.1) is 19.1 Å². The Hall–Kier alpha value is -1.51. The number of furan rings is 1. The average Bonchev–Trinajstić information content (AvgIpc) is 3.05. The number of carbonyl (C=O) groups is 1. The molecule has 0 aromatic carbocycles. The van der Waals surface area contributed by atoms with Crippen molar-refractivity contribution in [2.75, 3.05) is 6.61 Å². The summed E-state index contributed by atoms with van der Waals surface area (Å²) in [6, 6.07) is 2.07. The maximum absolute atomic E-state index is 11.4. The minimum Gasteiger partial charge on any atom is -0.472 e. The molecule has 2 saturated carbocycles. The normalized spacial score (nSPS) is 35.2. The Morgan fingerprint density at radius 2 is 2.20 bits per heavy atom. The standard InChI is InChI=1S/C22H32O3/c1-16-6-9-20-21(3,15-25-17(2)23)11-5-12-22(20,4)19(16)8-7-18-10-13-24-14-18/h10,13-14,19-20H,1,5-9,11-12,15H2,2-4H3/t19-,20-,21+,22+/m1/s1. The predicted octanol–water partition coefficient (Wildman–Crippen LogP) is 5.55. The minimum absolute atomic E-state index is 0.0905. The van der Waals surface area contributed by atoms with Crippen LogP contribution in [0.5, 0.6) is 0 Å². The molecule has 0 spiro atoms. The zero-order chi connectivity index (χ0) is 18.1. The molecule has 2 aliphatic carbocycles. The van der Waals surface area contributed by atoms with Crippen LogP contribution in [0.1, 0.15) is 64.9 Å². The predicted molar refractivity (Wildman–Crippen MR) is 99.1 cm³/mol. The van der Waals surface area contributed by atoms with Gasteiger partial charge < -0.3 is 9.15 Å². The Kier molecular flexibility index (Phi) is 5.13. The monoisotopic (exact) mass is 344 g/mol. The van der Waals surface area contributed by atoms with Crippen LogP contribution in [0.4, 0.5) is 0 Å². The highest BCUT2D eigenvalue weighted by Crippen LogP contribution is 2.61. The number of fused-ring (bicyclic) bond motifs is 1. The molecule has 1 aromatic rings. The van der Waals surface area contributed by atoms with Crippen molar-refractivity contribution in [3.8, 4) is 0 Å². The van der Waals surface area contributed by atoms with Gasteiger partial charge in [-0.1, -0.05) is 32.4 Å². The molecular weight excluding hydrogens is 312 g/mol. The zero-order valence-electron chi connectivity index (χ0n) is 16.0. The summed E-state index contributed by atoms with van der Waals surface area (Å²) < 4.78 is 10.7. The van der Waals surface area contributed by atoms with Crippen LogP contribution in [0.15, 0.2) is 35.2 Å². The summed E-state index contributed by atoms with van der Waals surface area (Å²) in [6.07, 6.45) is 11.7. The van der Waals surface area contributed by atoms with Crippen LogP contribution in [0.2, 0.25) is 0 Å². The third-order valence-electron chi connectivity index (χ3n) is 7.05. The lowest BCUT2D eigenvalue weighted by Crippen LogP contribution is -2.52. The molecule has 3 nitrogen and oxygen atoms in total. The molecule has 0 bridgehead atoms. The van der Waals surface area contributed by atoms with Crippen molar-refractivity contribution >= 4 is 5.97 Å². The van der Waals surface area contributed by atoms with E-state index in [9.17, 15) is 4.79 Å². The third-order valence-corrected chi connectivity index (χ3v) is 7.05. The van der Waals surface area contributed by atoms with Crippen molar-refractivity contribution in [3.05, 3.63) is 36.3 Å². The van der Waals surface area contributed by atoms with Gasteiger partial charge >= 0.3 is 5.97 Å². The number of ether oxygens (including phenoxy) is 1. The molecule has 0 saturated heterocycles. The van der Waals surface area contributed by atoms with E-state index in [1.807, 2.05) is 6.26 Å². The second-order valence-corrected chi connectivity index (χ2v) is 8.77. The van der Waals surface area contributed by atoms with E-state index in [-0.39, 0.29) is 16.8 Å². The lowest BCUT2D eigenvalue weighted by Gasteiger charge is -2.58. The summed E-state index contributed by atoms with van der Waals surface area (Å²) in [7, 11) is 0. The van der Waals surface area contributed by atoms with Gasteiger partial charge in [0, 0.05) is 12.3 Å². The van der Waals surface area contributed by atoms with E-state index in [0.29, 0.717) is 18.4 Å². The average molecular weight is 344 g/mol. The quantitative estimate of drug-likeness (QED) is 0.519. The first-order chi connectivity index (χ1) is 11.8. The smallest absolute Gasteiger partial charge is 0.302 e. The summed E-state index contributed by atoms with van der Waals surface area (Å²) in [5, 5.41) is 0. The summed E-state index contributed by atoms with van der Waals surface area (Å²) in [6.45, 7) is 11.3. The molecule has 1 heterocycles. The highest BCUT2D eigenvalue weighted by molar-refractivity contribution is 5.65. The summed E-state index contributed by atoms with van der Waals surface area (Å²) >= 11 is 0. The maximum atomic E-state index is 11.4. The SMILES string of the molecule is C=C1CC[C@@H]2[C@](C)(COC(C)=O)CCC[C@@]2(C)[C@@H]1CCc1ccoc1. The lowest BCUT2D eigenvalue weighted by molar-refractivity contribution is -0.152. The Balaban J connectivity index is 1.79. The number of esters is 1. The Labute approximate surface area is 151 Å². The number of aryl methyl sites for hydroxylation is 1. The number of allylic oxidation sites excluding steroid dienone is 1.